The largest absolute Gasteiger partial charge is 0.465 e. The zero-order valence-electron chi connectivity index (χ0n) is 15.5. The van der Waals surface area contributed by atoms with Gasteiger partial charge in [0.15, 0.2) is 5.76 Å². The van der Waals surface area contributed by atoms with Crippen LogP contribution in [-0.4, -0.2) is 28.6 Å². The Hall–Kier alpha value is -2.64. The first kappa shape index (κ1) is 18.7. The van der Waals surface area contributed by atoms with E-state index >= 15 is 0 Å². The summed E-state index contributed by atoms with van der Waals surface area (Å²) in [5.41, 5.74) is 5.58. The number of nitrogens with zero attached hydrogens (tertiary/aromatic N) is 2. The van der Waals surface area contributed by atoms with Crippen LogP contribution < -0.4 is 5.32 Å². The number of aryl methyl sites for hydroxylation is 2. The molecule has 3 heterocycles. The Morgan fingerprint density at radius 2 is 1.96 bits per heavy atom. The quantitative estimate of drug-likeness (QED) is 0.619. The van der Waals surface area contributed by atoms with Gasteiger partial charge in [-0.25, -0.2) is 4.79 Å². The van der Waals surface area contributed by atoms with E-state index in [9.17, 15) is 4.79 Å². The second kappa shape index (κ2) is 7.07. The Morgan fingerprint density at radius 3 is 2.64 bits per heavy atom. The van der Waals surface area contributed by atoms with Gasteiger partial charge in [-0.2, -0.15) is 0 Å². The van der Waals surface area contributed by atoms with Crippen molar-refractivity contribution in [1.29, 1.82) is 0 Å². The molecule has 4 rings (SSSR count). The molecule has 2 aromatic heterocycles. The van der Waals surface area contributed by atoms with E-state index in [1.807, 2.05) is 31.2 Å². The van der Waals surface area contributed by atoms with Gasteiger partial charge in [0, 0.05) is 25.9 Å². The highest BCUT2D eigenvalue weighted by Crippen LogP contribution is 2.45. The third-order valence-corrected chi connectivity index (χ3v) is 6.37. The summed E-state index contributed by atoms with van der Waals surface area (Å²) in [6, 6.07) is 6.99. The highest BCUT2D eigenvalue weighted by molar-refractivity contribution is 7.16. The Balaban J connectivity index is 1.98. The fraction of sp³-hybridized carbons (Fsp3) is 0.250. The first-order valence-corrected chi connectivity index (χ1v) is 9.93. The van der Waals surface area contributed by atoms with Crippen molar-refractivity contribution in [2.24, 2.45) is 4.99 Å². The highest BCUT2D eigenvalue weighted by Gasteiger charge is 2.33. The molecule has 0 spiro atoms. The molecule has 0 saturated carbocycles. The molecule has 1 aliphatic rings. The van der Waals surface area contributed by atoms with E-state index in [0.717, 1.165) is 38.5 Å². The SMILES string of the molecule is Cc1noc2c1-c1sc(C)c(C)c1C(c1ccc(Cl)cc1)=N[C@H]2CNC(=O)O. The lowest BCUT2D eigenvalue weighted by molar-refractivity contribution is 0.193. The van der Waals surface area contributed by atoms with Crippen LogP contribution in [0.3, 0.4) is 0 Å². The van der Waals surface area contributed by atoms with Gasteiger partial charge in [-0.1, -0.05) is 28.9 Å². The maximum absolute atomic E-state index is 11.1. The van der Waals surface area contributed by atoms with Crippen molar-refractivity contribution in [2.45, 2.75) is 26.8 Å². The normalized spacial score (nSPS) is 15.4. The maximum atomic E-state index is 11.1. The Kier molecular flexibility index (Phi) is 4.72. The number of halogens is 1. The van der Waals surface area contributed by atoms with Crippen LogP contribution in [0.5, 0.6) is 0 Å². The van der Waals surface area contributed by atoms with Crippen molar-refractivity contribution >= 4 is 34.7 Å². The summed E-state index contributed by atoms with van der Waals surface area (Å²) in [4.78, 5) is 18.3. The predicted octanol–water partition coefficient (Wildman–Crippen LogP) is 5.14. The molecule has 0 fully saturated rings. The van der Waals surface area contributed by atoms with Crippen molar-refractivity contribution in [3.05, 3.63) is 62.3 Å². The monoisotopic (exact) mass is 415 g/mol. The molecular weight excluding hydrogens is 398 g/mol. The van der Waals surface area contributed by atoms with E-state index in [1.165, 1.54) is 4.88 Å². The average molecular weight is 416 g/mol. The number of fused-ring (bicyclic) bond motifs is 3. The smallest absolute Gasteiger partial charge is 0.404 e. The standard InChI is InChI=1S/C20H18ClN3O3S/c1-9-11(3)28-19-15(9)17(12-4-6-13(21)7-5-12)23-14(8-22-20(25)26)18-16(19)10(2)24-27-18/h4-7,14,22H,8H2,1-3H3,(H,25,26)/t14-/m0/s1. The van der Waals surface area contributed by atoms with Crippen molar-refractivity contribution in [3.8, 4) is 10.4 Å². The summed E-state index contributed by atoms with van der Waals surface area (Å²) < 4.78 is 5.62. The van der Waals surface area contributed by atoms with Crippen LogP contribution in [-0.2, 0) is 0 Å². The summed E-state index contributed by atoms with van der Waals surface area (Å²) in [7, 11) is 0. The molecule has 0 saturated heterocycles. The molecule has 0 unspecified atom stereocenters. The number of rotatable bonds is 3. The number of carbonyl (C=O) groups is 1. The van der Waals surface area contributed by atoms with Crippen molar-refractivity contribution in [2.75, 3.05) is 6.54 Å². The van der Waals surface area contributed by atoms with E-state index in [4.69, 9.17) is 26.2 Å². The number of carboxylic acid groups (broad SMARTS) is 1. The highest BCUT2D eigenvalue weighted by atomic mass is 35.5. The molecular formula is C20H18ClN3O3S. The average Bonchev–Trinajstić information content (AvgIpc) is 3.12. The van der Waals surface area contributed by atoms with Gasteiger partial charge in [0.05, 0.1) is 23.5 Å². The molecule has 1 aromatic carbocycles. The fourth-order valence-electron chi connectivity index (χ4n) is 3.41. The van der Waals surface area contributed by atoms with E-state index in [2.05, 4.69) is 24.3 Å². The number of thiophene rings is 1. The zero-order chi connectivity index (χ0) is 20.0. The predicted molar refractivity (Wildman–Crippen MR) is 110 cm³/mol. The Bertz CT molecular complexity index is 1100. The molecule has 2 N–H and O–H groups in total. The lowest BCUT2D eigenvalue weighted by atomic mass is 9.96. The molecule has 8 heteroatoms. The van der Waals surface area contributed by atoms with Gasteiger partial charge < -0.3 is 14.9 Å². The van der Waals surface area contributed by atoms with Gasteiger partial charge >= 0.3 is 6.09 Å². The number of aliphatic imine (C=N–C) groups is 1. The summed E-state index contributed by atoms with van der Waals surface area (Å²) in [5, 5.41) is 16.3. The molecule has 0 bridgehead atoms. The van der Waals surface area contributed by atoms with E-state index in [0.29, 0.717) is 10.8 Å². The Labute approximate surface area is 170 Å². The first-order chi connectivity index (χ1) is 13.4. The number of hydrogen-bond acceptors (Lipinski definition) is 5. The van der Waals surface area contributed by atoms with Crippen LogP contribution in [0.2, 0.25) is 5.02 Å². The van der Waals surface area contributed by atoms with Crippen LogP contribution in [0.4, 0.5) is 4.79 Å². The summed E-state index contributed by atoms with van der Waals surface area (Å²) in [6.07, 6.45) is -1.10. The molecule has 28 heavy (non-hydrogen) atoms. The molecule has 1 atom stereocenters. The van der Waals surface area contributed by atoms with Gasteiger partial charge in [0.25, 0.3) is 0 Å². The number of amides is 1. The number of benzene rings is 1. The van der Waals surface area contributed by atoms with Crippen LogP contribution in [0.1, 0.15) is 39.1 Å². The lowest BCUT2D eigenvalue weighted by Crippen LogP contribution is -2.26. The number of aromatic nitrogens is 1. The van der Waals surface area contributed by atoms with E-state index < -0.39 is 12.1 Å². The number of hydrogen-bond donors (Lipinski definition) is 2. The van der Waals surface area contributed by atoms with Gasteiger partial charge in [-0.3, -0.25) is 4.99 Å². The Morgan fingerprint density at radius 1 is 1.25 bits per heavy atom. The molecule has 0 aliphatic carbocycles. The van der Waals surface area contributed by atoms with Crippen molar-refractivity contribution < 1.29 is 14.4 Å². The van der Waals surface area contributed by atoms with Gasteiger partial charge in [0.2, 0.25) is 0 Å². The van der Waals surface area contributed by atoms with Crippen molar-refractivity contribution in [3.63, 3.8) is 0 Å². The van der Waals surface area contributed by atoms with Gasteiger partial charge in [0.1, 0.15) is 6.04 Å². The van der Waals surface area contributed by atoms with Crippen LogP contribution in [0.15, 0.2) is 33.8 Å². The van der Waals surface area contributed by atoms with Crippen LogP contribution >= 0.6 is 22.9 Å². The van der Waals surface area contributed by atoms with E-state index in [1.54, 1.807) is 11.3 Å². The minimum Gasteiger partial charge on any atom is -0.465 e. The lowest BCUT2D eigenvalue weighted by Gasteiger charge is -2.12. The van der Waals surface area contributed by atoms with Gasteiger partial charge in [-0.15, -0.1) is 11.3 Å². The topological polar surface area (TPSA) is 87.7 Å². The molecule has 6 nitrogen and oxygen atoms in total. The van der Waals surface area contributed by atoms with E-state index in [-0.39, 0.29) is 6.54 Å². The second-order valence-electron chi connectivity index (χ2n) is 6.68. The minimum atomic E-state index is -1.10. The molecule has 0 radical (unpaired) electrons. The third-order valence-electron chi connectivity index (χ3n) is 4.89. The molecule has 144 valence electrons. The molecule has 1 amide bonds. The summed E-state index contributed by atoms with van der Waals surface area (Å²) in [6.45, 7) is 6.15. The zero-order valence-corrected chi connectivity index (χ0v) is 17.1. The third kappa shape index (κ3) is 3.10. The van der Waals surface area contributed by atoms with Gasteiger partial charge in [-0.05, 0) is 38.5 Å². The maximum Gasteiger partial charge on any atom is 0.404 e. The molecule has 1 aliphatic heterocycles. The minimum absolute atomic E-state index is 0.0982. The second-order valence-corrected chi connectivity index (χ2v) is 8.34. The van der Waals surface area contributed by atoms with Crippen LogP contribution in [0, 0.1) is 20.8 Å². The molecule has 3 aromatic rings. The summed E-state index contributed by atoms with van der Waals surface area (Å²) in [5.74, 6) is 0.581. The van der Waals surface area contributed by atoms with Crippen LogP contribution in [0.25, 0.3) is 10.4 Å². The fourth-order valence-corrected chi connectivity index (χ4v) is 4.80. The summed E-state index contributed by atoms with van der Waals surface area (Å²) >= 11 is 7.75. The first-order valence-electron chi connectivity index (χ1n) is 8.74. The van der Waals surface area contributed by atoms with Crippen molar-refractivity contribution in [1.82, 2.24) is 10.5 Å². The number of nitrogens with one attached hydrogen (secondary N) is 1.